The number of piperidine rings is 1. The van der Waals surface area contributed by atoms with Gasteiger partial charge in [-0.2, -0.15) is 0 Å². The minimum absolute atomic E-state index is 0.198. The zero-order chi connectivity index (χ0) is 27.9. The van der Waals surface area contributed by atoms with Gasteiger partial charge in [0.05, 0.1) is 11.5 Å². The number of amides is 3. The van der Waals surface area contributed by atoms with Gasteiger partial charge in [0.15, 0.2) is 11.5 Å². The highest BCUT2D eigenvalue weighted by Gasteiger charge is 2.37. The van der Waals surface area contributed by atoms with Crippen LogP contribution in [-0.4, -0.2) is 53.1 Å². The van der Waals surface area contributed by atoms with Crippen LogP contribution in [0.15, 0.2) is 47.9 Å². The molecule has 0 aliphatic carbocycles. The average molecular weight is 590 g/mol. The van der Waals surface area contributed by atoms with Crippen molar-refractivity contribution in [3.8, 4) is 11.5 Å². The number of nitrogens with zero attached hydrogens (tertiary/aromatic N) is 2. The third kappa shape index (κ3) is 7.18. The van der Waals surface area contributed by atoms with E-state index in [0.717, 1.165) is 47.1 Å². The molecule has 2 heterocycles. The van der Waals surface area contributed by atoms with E-state index in [9.17, 15) is 14.4 Å². The summed E-state index contributed by atoms with van der Waals surface area (Å²) in [7, 11) is 0. The minimum Gasteiger partial charge on any atom is -0.490 e. The van der Waals surface area contributed by atoms with E-state index in [1.54, 1.807) is 41.3 Å². The van der Waals surface area contributed by atoms with E-state index in [1.807, 2.05) is 13.0 Å². The zero-order valence-corrected chi connectivity index (χ0v) is 24.0. The molecule has 2 aliphatic rings. The summed E-state index contributed by atoms with van der Waals surface area (Å²) in [5.74, 6) is 0.358. The van der Waals surface area contributed by atoms with Crippen LogP contribution in [0.3, 0.4) is 0 Å². The number of benzene rings is 2. The molecule has 2 aromatic carbocycles. The number of likely N-dealkylation sites (tertiary alicyclic amines) is 1. The van der Waals surface area contributed by atoms with Crippen LogP contribution in [-0.2, 0) is 22.6 Å². The molecule has 0 aromatic heterocycles. The Balaban J connectivity index is 1.57. The minimum atomic E-state index is -0.476. The van der Waals surface area contributed by atoms with Crippen molar-refractivity contribution in [2.45, 2.75) is 39.2 Å². The van der Waals surface area contributed by atoms with Crippen molar-refractivity contribution >= 4 is 58.1 Å². The zero-order valence-electron chi connectivity index (χ0n) is 21.7. The summed E-state index contributed by atoms with van der Waals surface area (Å²) in [6.45, 7) is 7.39. The van der Waals surface area contributed by atoms with Crippen LogP contribution in [0.5, 0.6) is 11.5 Å². The molecule has 206 valence electrons. The van der Waals surface area contributed by atoms with E-state index in [2.05, 4.69) is 6.58 Å². The van der Waals surface area contributed by atoms with Gasteiger partial charge in [0.2, 0.25) is 5.91 Å². The van der Waals surface area contributed by atoms with Crippen LogP contribution in [0.25, 0.3) is 6.08 Å². The third-order valence-electron chi connectivity index (χ3n) is 6.38. The smallest absolute Gasteiger partial charge is 0.294 e. The Labute approximate surface area is 242 Å². The Kier molecular flexibility index (Phi) is 9.99. The third-order valence-corrected chi connectivity index (χ3v) is 7.87. The van der Waals surface area contributed by atoms with Crippen LogP contribution < -0.4 is 9.47 Å². The maximum Gasteiger partial charge on any atom is 0.294 e. The maximum absolute atomic E-state index is 13.1. The number of halogens is 2. The summed E-state index contributed by atoms with van der Waals surface area (Å²) in [6, 6.07) is 8.85. The second-order valence-electron chi connectivity index (χ2n) is 9.17. The lowest BCUT2D eigenvalue weighted by Gasteiger charge is -2.27. The molecule has 0 unspecified atom stereocenters. The molecule has 0 bridgehead atoms. The van der Waals surface area contributed by atoms with Crippen molar-refractivity contribution in [2.75, 3.05) is 26.2 Å². The molecule has 2 aromatic rings. The van der Waals surface area contributed by atoms with E-state index < -0.39 is 11.1 Å². The Hall–Kier alpha value is -2.94. The van der Waals surface area contributed by atoms with Crippen LogP contribution in [0.2, 0.25) is 10.0 Å². The van der Waals surface area contributed by atoms with Crippen molar-refractivity contribution in [1.29, 1.82) is 0 Å². The highest BCUT2D eigenvalue weighted by molar-refractivity contribution is 8.18. The molecule has 0 atom stereocenters. The summed E-state index contributed by atoms with van der Waals surface area (Å²) < 4.78 is 12.1. The van der Waals surface area contributed by atoms with Gasteiger partial charge in [0.1, 0.15) is 13.2 Å². The molecule has 3 amide bonds. The molecule has 0 spiro atoms. The van der Waals surface area contributed by atoms with Crippen LogP contribution in [0, 0.1) is 0 Å². The van der Waals surface area contributed by atoms with Gasteiger partial charge in [-0.15, -0.1) is 6.58 Å². The predicted molar refractivity (Wildman–Crippen MR) is 155 cm³/mol. The molecule has 0 saturated carbocycles. The summed E-state index contributed by atoms with van der Waals surface area (Å²) in [5.41, 5.74) is 2.23. The lowest BCUT2D eigenvalue weighted by atomic mass is 10.0. The summed E-state index contributed by atoms with van der Waals surface area (Å²) in [5, 5.41) is 0.584. The summed E-state index contributed by atoms with van der Waals surface area (Å²) in [4.78, 5) is 41.4. The fraction of sp³-hybridized carbons (Fsp3) is 0.345. The van der Waals surface area contributed by atoms with E-state index in [0.29, 0.717) is 53.2 Å². The summed E-state index contributed by atoms with van der Waals surface area (Å²) in [6.07, 6.45) is 6.84. The highest BCUT2D eigenvalue weighted by atomic mass is 35.5. The molecular weight excluding hydrogens is 559 g/mol. The molecule has 10 heteroatoms. The van der Waals surface area contributed by atoms with Crippen molar-refractivity contribution in [2.24, 2.45) is 0 Å². The second kappa shape index (κ2) is 13.4. The largest absolute Gasteiger partial charge is 0.490 e. The Morgan fingerprint density at radius 1 is 1.08 bits per heavy atom. The van der Waals surface area contributed by atoms with E-state index >= 15 is 0 Å². The normalized spacial score (nSPS) is 16.6. The van der Waals surface area contributed by atoms with E-state index in [-0.39, 0.29) is 24.0 Å². The van der Waals surface area contributed by atoms with E-state index in [1.165, 1.54) is 0 Å². The number of imide groups is 1. The summed E-state index contributed by atoms with van der Waals surface area (Å²) >= 11 is 13.2. The number of carbonyl (C=O) groups excluding carboxylic acids is 3. The quantitative estimate of drug-likeness (QED) is 0.226. The molecule has 2 fully saturated rings. The average Bonchev–Trinajstić information content (AvgIpc) is 3.17. The van der Waals surface area contributed by atoms with Gasteiger partial charge in [-0.1, -0.05) is 35.3 Å². The van der Waals surface area contributed by atoms with Crippen molar-refractivity contribution in [3.05, 3.63) is 74.6 Å². The SMILES string of the molecule is C=CCc1cc(/C=C2\SC(=O)N(CC(=O)N3CCCCC3)C2=O)cc(OCC)c1OCc1ccc(Cl)cc1Cl. The Bertz CT molecular complexity index is 1310. The Morgan fingerprint density at radius 3 is 2.54 bits per heavy atom. The number of hydrogen-bond acceptors (Lipinski definition) is 6. The lowest BCUT2D eigenvalue weighted by Crippen LogP contribution is -2.44. The van der Waals surface area contributed by atoms with Gasteiger partial charge in [0, 0.05) is 34.3 Å². The van der Waals surface area contributed by atoms with E-state index in [4.69, 9.17) is 32.7 Å². The van der Waals surface area contributed by atoms with Crippen molar-refractivity contribution in [3.63, 3.8) is 0 Å². The highest BCUT2D eigenvalue weighted by Crippen LogP contribution is 2.38. The van der Waals surface area contributed by atoms with Gasteiger partial charge in [-0.05, 0) is 80.3 Å². The first-order chi connectivity index (χ1) is 18.8. The first kappa shape index (κ1) is 29.1. The number of allylic oxidation sites excluding steroid dienone is 1. The molecule has 7 nitrogen and oxygen atoms in total. The van der Waals surface area contributed by atoms with Gasteiger partial charge >= 0.3 is 0 Å². The number of carbonyl (C=O) groups is 3. The standard InChI is InChI=1S/C29H30Cl2N2O5S/c1-3-8-20-13-19(14-24(37-4-2)27(20)38-18-21-9-10-22(30)16-23(21)31)15-25-28(35)33(29(36)39-25)17-26(34)32-11-6-5-7-12-32/h3,9-10,13-16H,1,4-8,11-12,17-18H2,2H3/b25-15-. The van der Waals surface area contributed by atoms with Crippen LogP contribution in [0.4, 0.5) is 4.79 Å². The number of ether oxygens (including phenoxy) is 2. The van der Waals surface area contributed by atoms with Gasteiger partial charge in [0.25, 0.3) is 11.1 Å². The van der Waals surface area contributed by atoms with Crippen molar-refractivity contribution in [1.82, 2.24) is 9.80 Å². The number of hydrogen-bond donors (Lipinski definition) is 0. The molecule has 4 rings (SSSR count). The lowest BCUT2D eigenvalue weighted by molar-refractivity contribution is -0.136. The fourth-order valence-electron chi connectivity index (χ4n) is 4.46. The maximum atomic E-state index is 13.1. The van der Waals surface area contributed by atoms with Gasteiger partial charge < -0.3 is 14.4 Å². The molecule has 0 N–H and O–H groups in total. The molecule has 2 saturated heterocycles. The van der Waals surface area contributed by atoms with Crippen LogP contribution >= 0.6 is 35.0 Å². The molecular formula is C29H30Cl2N2O5S. The van der Waals surface area contributed by atoms with Crippen LogP contribution in [0.1, 0.15) is 42.9 Å². The van der Waals surface area contributed by atoms with Gasteiger partial charge in [-0.3, -0.25) is 19.3 Å². The fourth-order valence-corrected chi connectivity index (χ4v) is 5.76. The molecule has 39 heavy (non-hydrogen) atoms. The first-order valence-electron chi connectivity index (χ1n) is 12.8. The van der Waals surface area contributed by atoms with Crippen molar-refractivity contribution < 1.29 is 23.9 Å². The molecule has 0 radical (unpaired) electrons. The Morgan fingerprint density at radius 2 is 1.85 bits per heavy atom. The monoisotopic (exact) mass is 588 g/mol. The van der Waals surface area contributed by atoms with Gasteiger partial charge in [-0.25, -0.2) is 0 Å². The number of rotatable bonds is 10. The second-order valence-corrected chi connectivity index (χ2v) is 11.0. The molecule has 2 aliphatic heterocycles. The topological polar surface area (TPSA) is 76.2 Å². The first-order valence-corrected chi connectivity index (χ1v) is 14.4. The predicted octanol–water partition coefficient (Wildman–Crippen LogP) is 6.75. The number of thioether (sulfide) groups is 1.